The second-order valence-corrected chi connectivity index (χ2v) is 4.96. The van der Waals surface area contributed by atoms with Gasteiger partial charge in [0.25, 0.3) is 0 Å². The van der Waals surface area contributed by atoms with Crippen molar-refractivity contribution in [2.45, 2.75) is 13.3 Å². The molecule has 1 aromatic carbocycles. The molecule has 0 radical (unpaired) electrons. The molecule has 0 aliphatic rings. The standard InChI is InChI=1S/C12H19BrN2/c1-10(6-7-14)9-15(2)12-5-3-4-11(13)8-12/h3-5,8,10H,6-7,9,14H2,1-2H3. The van der Waals surface area contributed by atoms with Gasteiger partial charge >= 0.3 is 0 Å². The smallest absolute Gasteiger partial charge is 0.0375 e. The van der Waals surface area contributed by atoms with Crippen LogP contribution in [0.25, 0.3) is 0 Å². The van der Waals surface area contributed by atoms with Gasteiger partial charge in [-0.05, 0) is 37.1 Å². The molecule has 2 N–H and O–H groups in total. The van der Waals surface area contributed by atoms with Gasteiger partial charge in [0.1, 0.15) is 0 Å². The SMILES string of the molecule is CC(CCN)CN(C)c1cccc(Br)c1. The summed E-state index contributed by atoms with van der Waals surface area (Å²) in [5.41, 5.74) is 6.79. The van der Waals surface area contributed by atoms with Gasteiger partial charge in [-0.2, -0.15) is 0 Å². The van der Waals surface area contributed by atoms with Crippen LogP contribution >= 0.6 is 15.9 Å². The zero-order chi connectivity index (χ0) is 11.3. The predicted octanol–water partition coefficient (Wildman–Crippen LogP) is 2.87. The third-order valence-corrected chi connectivity index (χ3v) is 2.99. The molecule has 1 unspecified atom stereocenters. The van der Waals surface area contributed by atoms with E-state index < -0.39 is 0 Å². The van der Waals surface area contributed by atoms with Crippen molar-refractivity contribution in [2.75, 3.05) is 25.0 Å². The molecule has 0 fully saturated rings. The lowest BCUT2D eigenvalue weighted by atomic mass is 10.1. The van der Waals surface area contributed by atoms with E-state index in [2.05, 4.69) is 53.0 Å². The predicted molar refractivity (Wildman–Crippen MR) is 70.2 cm³/mol. The van der Waals surface area contributed by atoms with Crippen LogP contribution in [0.2, 0.25) is 0 Å². The van der Waals surface area contributed by atoms with Gasteiger partial charge in [-0.1, -0.05) is 28.9 Å². The van der Waals surface area contributed by atoms with E-state index in [0.29, 0.717) is 5.92 Å². The van der Waals surface area contributed by atoms with Crippen LogP contribution in [0.15, 0.2) is 28.7 Å². The zero-order valence-electron chi connectivity index (χ0n) is 9.41. The molecule has 2 nitrogen and oxygen atoms in total. The molecule has 0 amide bonds. The normalized spacial score (nSPS) is 12.5. The maximum Gasteiger partial charge on any atom is 0.0375 e. The lowest BCUT2D eigenvalue weighted by Gasteiger charge is -2.23. The van der Waals surface area contributed by atoms with E-state index in [1.807, 2.05) is 6.07 Å². The van der Waals surface area contributed by atoms with Gasteiger partial charge in [0.2, 0.25) is 0 Å². The average molecular weight is 271 g/mol. The quantitative estimate of drug-likeness (QED) is 0.892. The molecular formula is C12H19BrN2. The van der Waals surface area contributed by atoms with Crippen molar-refractivity contribution in [1.82, 2.24) is 0 Å². The minimum absolute atomic E-state index is 0.638. The zero-order valence-corrected chi connectivity index (χ0v) is 11.0. The van der Waals surface area contributed by atoms with Crippen LogP contribution in [0, 0.1) is 5.92 Å². The number of anilines is 1. The molecule has 0 spiro atoms. The number of hydrogen-bond acceptors (Lipinski definition) is 2. The fourth-order valence-corrected chi connectivity index (χ4v) is 2.05. The Labute approximate surface area is 101 Å². The van der Waals surface area contributed by atoms with Gasteiger partial charge in [0.15, 0.2) is 0 Å². The highest BCUT2D eigenvalue weighted by Gasteiger charge is 2.06. The highest BCUT2D eigenvalue weighted by atomic mass is 79.9. The number of benzene rings is 1. The fraction of sp³-hybridized carbons (Fsp3) is 0.500. The molecule has 0 aliphatic carbocycles. The van der Waals surface area contributed by atoms with E-state index in [1.165, 1.54) is 5.69 Å². The lowest BCUT2D eigenvalue weighted by molar-refractivity contribution is 0.539. The van der Waals surface area contributed by atoms with Gasteiger partial charge in [0, 0.05) is 23.8 Å². The molecule has 1 rings (SSSR count). The summed E-state index contributed by atoms with van der Waals surface area (Å²) in [7, 11) is 2.12. The van der Waals surface area contributed by atoms with Crippen molar-refractivity contribution >= 4 is 21.6 Å². The van der Waals surface area contributed by atoms with Crippen molar-refractivity contribution in [3.8, 4) is 0 Å². The van der Waals surface area contributed by atoms with Crippen LogP contribution in [-0.4, -0.2) is 20.1 Å². The molecular weight excluding hydrogens is 252 g/mol. The summed E-state index contributed by atoms with van der Waals surface area (Å²) < 4.78 is 1.12. The van der Waals surface area contributed by atoms with Crippen LogP contribution in [-0.2, 0) is 0 Å². The van der Waals surface area contributed by atoms with E-state index in [9.17, 15) is 0 Å². The molecule has 0 bridgehead atoms. The molecule has 84 valence electrons. The summed E-state index contributed by atoms with van der Waals surface area (Å²) in [6.07, 6.45) is 1.08. The molecule has 0 heterocycles. The fourth-order valence-electron chi connectivity index (χ4n) is 1.66. The van der Waals surface area contributed by atoms with Crippen LogP contribution < -0.4 is 10.6 Å². The molecule has 15 heavy (non-hydrogen) atoms. The Hall–Kier alpha value is -0.540. The highest BCUT2D eigenvalue weighted by molar-refractivity contribution is 9.10. The van der Waals surface area contributed by atoms with E-state index in [1.54, 1.807) is 0 Å². The molecule has 1 aromatic rings. The molecule has 0 aliphatic heterocycles. The summed E-state index contributed by atoms with van der Waals surface area (Å²) in [4.78, 5) is 2.27. The Morgan fingerprint density at radius 3 is 2.80 bits per heavy atom. The second-order valence-electron chi connectivity index (χ2n) is 4.04. The van der Waals surface area contributed by atoms with Crippen molar-refractivity contribution < 1.29 is 0 Å². The molecule has 3 heteroatoms. The summed E-state index contributed by atoms with van der Waals surface area (Å²) in [5.74, 6) is 0.638. The molecule has 1 atom stereocenters. The van der Waals surface area contributed by atoms with Crippen LogP contribution in [0.3, 0.4) is 0 Å². The first-order valence-electron chi connectivity index (χ1n) is 5.30. The number of nitrogens with zero attached hydrogens (tertiary/aromatic N) is 1. The number of halogens is 1. The van der Waals surface area contributed by atoms with Gasteiger partial charge in [-0.15, -0.1) is 0 Å². The monoisotopic (exact) mass is 270 g/mol. The van der Waals surface area contributed by atoms with E-state index in [-0.39, 0.29) is 0 Å². The summed E-state index contributed by atoms with van der Waals surface area (Å²) >= 11 is 3.48. The van der Waals surface area contributed by atoms with Crippen molar-refractivity contribution in [1.29, 1.82) is 0 Å². The largest absolute Gasteiger partial charge is 0.374 e. The first kappa shape index (κ1) is 12.5. The van der Waals surface area contributed by atoms with Gasteiger partial charge in [-0.3, -0.25) is 0 Å². The van der Waals surface area contributed by atoms with Crippen molar-refractivity contribution in [3.63, 3.8) is 0 Å². The van der Waals surface area contributed by atoms with Gasteiger partial charge in [0.05, 0.1) is 0 Å². The number of nitrogens with two attached hydrogens (primary N) is 1. The summed E-state index contributed by atoms with van der Waals surface area (Å²) in [6.45, 7) is 4.06. The van der Waals surface area contributed by atoms with E-state index in [4.69, 9.17) is 5.73 Å². The second kappa shape index (κ2) is 6.13. The molecule has 0 aromatic heterocycles. The minimum atomic E-state index is 0.638. The Balaban J connectivity index is 2.56. The maximum atomic E-state index is 5.54. The van der Waals surface area contributed by atoms with Crippen molar-refractivity contribution in [3.05, 3.63) is 28.7 Å². The first-order chi connectivity index (χ1) is 7.13. The Morgan fingerprint density at radius 2 is 2.20 bits per heavy atom. The Bertz CT molecular complexity index is 301. The molecule has 0 saturated carbocycles. The van der Waals surface area contributed by atoms with Crippen LogP contribution in [0.5, 0.6) is 0 Å². The third kappa shape index (κ3) is 4.22. The number of hydrogen-bond donors (Lipinski definition) is 1. The van der Waals surface area contributed by atoms with Crippen LogP contribution in [0.4, 0.5) is 5.69 Å². The highest BCUT2D eigenvalue weighted by Crippen LogP contribution is 2.19. The Morgan fingerprint density at radius 1 is 1.47 bits per heavy atom. The van der Waals surface area contributed by atoms with Crippen molar-refractivity contribution in [2.24, 2.45) is 11.7 Å². The van der Waals surface area contributed by atoms with Crippen LogP contribution in [0.1, 0.15) is 13.3 Å². The van der Waals surface area contributed by atoms with Gasteiger partial charge < -0.3 is 10.6 Å². The maximum absolute atomic E-state index is 5.54. The first-order valence-corrected chi connectivity index (χ1v) is 6.09. The third-order valence-electron chi connectivity index (χ3n) is 2.49. The van der Waals surface area contributed by atoms with Gasteiger partial charge in [-0.25, -0.2) is 0 Å². The summed E-state index contributed by atoms with van der Waals surface area (Å²) in [5, 5.41) is 0. The number of rotatable bonds is 5. The molecule has 0 saturated heterocycles. The topological polar surface area (TPSA) is 29.3 Å². The lowest BCUT2D eigenvalue weighted by Crippen LogP contribution is -2.25. The average Bonchev–Trinajstić information content (AvgIpc) is 2.18. The van der Waals surface area contributed by atoms with E-state index in [0.717, 1.165) is 24.0 Å². The summed E-state index contributed by atoms with van der Waals surface area (Å²) in [6, 6.07) is 8.36. The Kier molecular flexibility index (Phi) is 5.12. The minimum Gasteiger partial charge on any atom is -0.374 e. The van der Waals surface area contributed by atoms with E-state index >= 15 is 0 Å².